The molecule has 5 heteroatoms. The monoisotopic (exact) mass is 240 g/mol. The van der Waals surface area contributed by atoms with E-state index in [9.17, 15) is 13.2 Å². The highest BCUT2D eigenvalue weighted by Gasteiger charge is 2.20. The molecule has 16 heavy (non-hydrogen) atoms. The first-order valence-corrected chi connectivity index (χ1v) is 6.14. The van der Waals surface area contributed by atoms with E-state index in [1.165, 1.54) is 37.3 Å². The third-order valence-corrected chi connectivity index (χ3v) is 4.35. The van der Waals surface area contributed by atoms with E-state index in [4.69, 9.17) is 5.11 Å². The first-order valence-electron chi connectivity index (χ1n) is 4.59. The minimum atomic E-state index is -3.44. The number of benzene rings is 1. The molecule has 1 aromatic carbocycles. The van der Waals surface area contributed by atoms with E-state index in [0.29, 0.717) is 0 Å². The third-order valence-electron chi connectivity index (χ3n) is 2.25. The highest BCUT2D eigenvalue weighted by atomic mass is 32.2. The van der Waals surface area contributed by atoms with Crippen LogP contribution in [0.25, 0.3) is 0 Å². The van der Waals surface area contributed by atoms with Gasteiger partial charge in [0.2, 0.25) is 0 Å². The van der Waals surface area contributed by atoms with Crippen LogP contribution < -0.4 is 0 Å². The summed E-state index contributed by atoms with van der Waals surface area (Å²) in [6.45, 7) is 4.95. The molecule has 1 atom stereocenters. The molecule has 0 aliphatic heterocycles. The number of carboxylic acid groups (broad SMARTS) is 1. The molecular formula is C11H12O4S. The number of carboxylic acids is 1. The fraction of sp³-hybridized carbons (Fsp3) is 0.182. The predicted molar refractivity (Wildman–Crippen MR) is 60.2 cm³/mol. The molecule has 1 N–H and O–H groups in total. The average molecular weight is 240 g/mol. The first-order chi connectivity index (χ1) is 7.39. The summed E-state index contributed by atoms with van der Waals surface area (Å²) in [5.74, 6) is -1.08. The Balaban J connectivity index is 3.16. The number of rotatable bonds is 4. The molecule has 86 valence electrons. The molecule has 1 aromatic rings. The molecule has 0 amide bonds. The van der Waals surface area contributed by atoms with Crippen LogP contribution >= 0.6 is 0 Å². The second-order valence-electron chi connectivity index (χ2n) is 3.32. The third kappa shape index (κ3) is 2.30. The quantitative estimate of drug-likeness (QED) is 0.813. The van der Waals surface area contributed by atoms with Crippen molar-refractivity contribution in [3.05, 3.63) is 42.5 Å². The van der Waals surface area contributed by atoms with E-state index in [1.807, 2.05) is 0 Å². The first kappa shape index (κ1) is 12.4. The molecule has 0 fully saturated rings. The fourth-order valence-electron chi connectivity index (χ4n) is 1.13. The van der Waals surface area contributed by atoms with E-state index in [2.05, 4.69) is 6.58 Å². The fourth-order valence-corrected chi connectivity index (χ4v) is 2.33. The summed E-state index contributed by atoms with van der Waals surface area (Å²) in [4.78, 5) is 10.7. The Bertz CT molecular complexity index is 499. The molecule has 4 nitrogen and oxygen atoms in total. The maximum atomic E-state index is 11.8. The van der Waals surface area contributed by atoms with Crippen LogP contribution in [0.4, 0.5) is 0 Å². The molecule has 0 heterocycles. The van der Waals surface area contributed by atoms with Crippen LogP contribution in [-0.4, -0.2) is 24.7 Å². The average Bonchev–Trinajstić information content (AvgIpc) is 2.28. The van der Waals surface area contributed by atoms with Crippen molar-refractivity contribution in [3.8, 4) is 0 Å². The second kappa shape index (κ2) is 4.49. The van der Waals surface area contributed by atoms with E-state index in [-0.39, 0.29) is 10.5 Å². The Morgan fingerprint density at radius 3 is 2.25 bits per heavy atom. The van der Waals surface area contributed by atoms with Gasteiger partial charge < -0.3 is 5.11 Å². The highest BCUT2D eigenvalue weighted by Crippen LogP contribution is 2.17. The van der Waals surface area contributed by atoms with Gasteiger partial charge in [-0.15, -0.1) is 6.58 Å². The molecule has 0 aliphatic carbocycles. The lowest BCUT2D eigenvalue weighted by Crippen LogP contribution is -2.15. The van der Waals surface area contributed by atoms with Crippen LogP contribution in [0.3, 0.4) is 0 Å². The summed E-state index contributed by atoms with van der Waals surface area (Å²) in [5.41, 5.74) is 0.0604. The summed E-state index contributed by atoms with van der Waals surface area (Å²) in [5, 5.41) is 7.98. The van der Waals surface area contributed by atoms with Crippen LogP contribution in [0.1, 0.15) is 17.3 Å². The van der Waals surface area contributed by atoms with Crippen molar-refractivity contribution < 1.29 is 18.3 Å². The van der Waals surface area contributed by atoms with Gasteiger partial charge >= 0.3 is 5.97 Å². The van der Waals surface area contributed by atoms with Gasteiger partial charge in [0.05, 0.1) is 15.7 Å². The maximum absolute atomic E-state index is 11.8. The summed E-state index contributed by atoms with van der Waals surface area (Å²) in [6.07, 6.45) is 1.33. The second-order valence-corrected chi connectivity index (χ2v) is 5.62. The lowest BCUT2D eigenvalue weighted by atomic mass is 10.2. The van der Waals surface area contributed by atoms with Crippen molar-refractivity contribution in [1.82, 2.24) is 0 Å². The Kier molecular flexibility index (Phi) is 3.49. The Labute approximate surface area is 94.1 Å². The minimum Gasteiger partial charge on any atom is -0.478 e. The Hall–Kier alpha value is -1.62. The van der Waals surface area contributed by atoms with Crippen LogP contribution in [0.5, 0.6) is 0 Å². The Morgan fingerprint density at radius 2 is 1.88 bits per heavy atom. The van der Waals surface area contributed by atoms with Crippen molar-refractivity contribution in [2.75, 3.05) is 0 Å². The largest absolute Gasteiger partial charge is 0.478 e. The van der Waals surface area contributed by atoms with Crippen molar-refractivity contribution in [3.63, 3.8) is 0 Å². The van der Waals surface area contributed by atoms with Gasteiger partial charge in [-0.3, -0.25) is 0 Å². The number of hydrogen-bond acceptors (Lipinski definition) is 3. The summed E-state index contributed by atoms with van der Waals surface area (Å²) in [6, 6.07) is 5.12. The zero-order valence-electron chi connectivity index (χ0n) is 8.75. The molecular weight excluding hydrogens is 228 g/mol. The van der Waals surface area contributed by atoms with Gasteiger partial charge in [-0.1, -0.05) is 6.08 Å². The van der Waals surface area contributed by atoms with Gasteiger partial charge in [0.15, 0.2) is 9.84 Å². The summed E-state index contributed by atoms with van der Waals surface area (Å²) < 4.78 is 23.7. The van der Waals surface area contributed by atoms with Crippen LogP contribution in [0.2, 0.25) is 0 Å². The standard InChI is InChI=1S/C11H12O4S/c1-3-8(2)16(14,15)10-6-4-9(5-7-10)11(12)13/h3-8H,1H2,2H3,(H,12,13). The van der Waals surface area contributed by atoms with Crippen molar-refractivity contribution in [1.29, 1.82) is 0 Å². The molecule has 0 aromatic heterocycles. The van der Waals surface area contributed by atoms with Crippen LogP contribution in [0.15, 0.2) is 41.8 Å². The van der Waals surface area contributed by atoms with Gasteiger partial charge in [0.25, 0.3) is 0 Å². The molecule has 0 radical (unpaired) electrons. The van der Waals surface area contributed by atoms with Gasteiger partial charge in [0, 0.05) is 0 Å². The van der Waals surface area contributed by atoms with Crippen LogP contribution in [-0.2, 0) is 9.84 Å². The van der Waals surface area contributed by atoms with Crippen molar-refractivity contribution in [2.24, 2.45) is 0 Å². The summed E-state index contributed by atoms with van der Waals surface area (Å²) in [7, 11) is -3.44. The van der Waals surface area contributed by atoms with Gasteiger partial charge in [-0.2, -0.15) is 0 Å². The highest BCUT2D eigenvalue weighted by molar-refractivity contribution is 7.92. The van der Waals surface area contributed by atoms with E-state index >= 15 is 0 Å². The normalized spacial score (nSPS) is 13.1. The number of carbonyl (C=O) groups is 1. The molecule has 0 bridgehead atoms. The number of sulfone groups is 1. The lowest BCUT2D eigenvalue weighted by molar-refractivity contribution is 0.0697. The lowest BCUT2D eigenvalue weighted by Gasteiger charge is -2.08. The van der Waals surface area contributed by atoms with E-state index < -0.39 is 21.1 Å². The molecule has 0 saturated carbocycles. The smallest absolute Gasteiger partial charge is 0.335 e. The molecule has 1 unspecified atom stereocenters. The van der Waals surface area contributed by atoms with Gasteiger partial charge in [-0.25, -0.2) is 13.2 Å². The Morgan fingerprint density at radius 1 is 1.38 bits per heavy atom. The van der Waals surface area contributed by atoms with Gasteiger partial charge in [0.1, 0.15) is 0 Å². The topological polar surface area (TPSA) is 71.4 Å². The SMILES string of the molecule is C=CC(C)S(=O)(=O)c1ccc(C(=O)O)cc1. The maximum Gasteiger partial charge on any atom is 0.335 e. The molecule has 0 aliphatic rings. The zero-order valence-corrected chi connectivity index (χ0v) is 9.57. The van der Waals surface area contributed by atoms with E-state index in [0.717, 1.165) is 0 Å². The minimum absolute atomic E-state index is 0.0604. The molecule has 0 saturated heterocycles. The molecule has 0 spiro atoms. The summed E-state index contributed by atoms with van der Waals surface area (Å²) >= 11 is 0. The van der Waals surface area contributed by atoms with E-state index in [1.54, 1.807) is 0 Å². The van der Waals surface area contributed by atoms with Crippen molar-refractivity contribution >= 4 is 15.8 Å². The molecule has 1 rings (SSSR count). The van der Waals surface area contributed by atoms with Gasteiger partial charge in [-0.05, 0) is 31.2 Å². The van der Waals surface area contributed by atoms with Crippen LogP contribution in [0, 0.1) is 0 Å². The van der Waals surface area contributed by atoms with Crippen molar-refractivity contribution in [2.45, 2.75) is 17.1 Å². The number of aromatic carboxylic acids is 1. The predicted octanol–water partition coefficient (Wildman–Crippen LogP) is 1.73. The number of hydrogen-bond donors (Lipinski definition) is 1. The zero-order chi connectivity index (χ0) is 12.3.